The number of primary amides is 1. The number of carbonyl (C=O) groups excluding carboxylic acids is 2. The molecule has 2 N–H and O–H groups in total. The van der Waals surface area contributed by atoms with Crippen molar-refractivity contribution in [2.45, 2.75) is 28.4 Å². The maximum Gasteiger partial charge on any atom is 0.230 e. The van der Waals surface area contributed by atoms with Crippen LogP contribution in [0.2, 0.25) is 0 Å². The largest absolute Gasteiger partial charge is 0.369 e. The first-order valence-electron chi connectivity index (χ1n) is 6.26. The Kier molecular flexibility index (Phi) is 3.09. The van der Waals surface area contributed by atoms with Gasteiger partial charge in [0.1, 0.15) is 5.92 Å². The molecule has 0 unspecified atom stereocenters. The molecular weight excluding hydrogens is 374 g/mol. The van der Waals surface area contributed by atoms with Crippen molar-refractivity contribution in [1.82, 2.24) is 0 Å². The van der Waals surface area contributed by atoms with Crippen molar-refractivity contribution >= 4 is 43.6 Å². The van der Waals surface area contributed by atoms with E-state index >= 15 is 0 Å². The third-order valence-corrected chi connectivity index (χ3v) is 7.33. The third-order valence-electron chi connectivity index (χ3n) is 4.13. The van der Waals surface area contributed by atoms with Crippen LogP contribution in [0.25, 0.3) is 0 Å². The number of halogens is 2. The standard InChI is InChI=1S/C14H13Br2NO2/c15-9-6-2-4-7-3-1-5-8-10(7)14(9,16)11(12(8)18)13(17)19/h1,3,5,9,11H,2,4,6H2,(H2,17,19)/t9-,11+,14-/m1/s1. The molecule has 0 radical (unpaired) electrons. The molecule has 19 heavy (non-hydrogen) atoms. The molecule has 2 aliphatic carbocycles. The van der Waals surface area contributed by atoms with Crippen LogP contribution in [0, 0.1) is 5.92 Å². The summed E-state index contributed by atoms with van der Waals surface area (Å²) in [6.07, 6.45) is 2.85. The Labute approximate surface area is 128 Å². The SMILES string of the molecule is NC(=O)[C@@H]1C(=O)c2cccc3c2[C@]1(Br)[C@H](Br)CCC3. The Bertz CT molecular complexity index is 587. The summed E-state index contributed by atoms with van der Waals surface area (Å²) in [5.41, 5.74) is 8.25. The van der Waals surface area contributed by atoms with Gasteiger partial charge in [0.15, 0.2) is 5.78 Å². The second-order valence-electron chi connectivity index (χ2n) is 5.17. The van der Waals surface area contributed by atoms with Crippen LogP contribution in [0.3, 0.4) is 0 Å². The number of Topliss-reactive ketones (excluding diaryl/α,β-unsaturated/α-hetero) is 1. The molecule has 0 saturated heterocycles. The fraction of sp³-hybridized carbons (Fsp3) is 0.429. The van der Waals surface area contributed by atoms with Crippen LogP contribution in [0.1, 0.15) is 34.3 Å². The Hall–Kier alpha value is -0.680. The van der Waals surface area contributed by atoms with E-state index in [1.54, 1.807) is 6.07 Å². The van der Waals surface area contributed by atoms with Gasteiger partial charge in [0.2, 0.25) is 5.91 Å². The number of rotatable bonds is 1. The number of hydrogen-bond donors (Lipinski definition) is 1. The summed E-state index contributed by atoms with van der Waals surface area (Å²) in [5, 5.41) is 0. The zero-order chi connectivity index (χ0) is 13.8. The molecule has 3 rings (SSSR count). The van der Waals surface area contributed by atoms with Crippen LogP contribution in [0.4, 0.5) is 0 Å². The summed E-state index contributed by atoms with van der Waals surface area (Å²) in [7, 11) is 0. The number of nitrogens with two attached hydrogens (primary N) is 1. The van der Waals surface area contributed by atoms with Gasteiger partial charge < -0.3 is 5.73 Å². The Morgan fingerprint density at radius 3 is 2.84 bits per heavy atom. The second-order valence-corrected chi connectivity index (χ2v) is 7.58. The molecule has 100 valence electrons. The van der Waals surface area contributed by atoms with Crippen LogP contribution < -0.4 is 5.73 Å². The number of hydrogen-bond acceptors (Lipinski definition) is 2. The Morgan fingerprint density at radius 1 is 1.42 bits per heavy atom. The highest BCUT2D eigenvalue weighted by molar-refractivity contribution is 9.12. The third kappa shape index (κ3) is 1.67. The number of benzene rings is 1. The molecule has 1 aromatic rings. The maximum absolute atomic E-state index is 12.5. The molecule has 0 aromatic heterocycles. The molecule has 5 heteroatoms. The number of carbonyl (C=O) groups is 2. The van der Waals surface area contributed by atoms with Crippen molar-refractivity contribution in [2.75, 3.05) is 0 Å². The van der Waals surface area contributed by atoms with Gasteiger partial charge in [0.05, 0.1) is 4.32 Å². The first kappa shape index (κ1) is 13.3. The number of amides is 1. The van der Waals surface area contributed by atoms with Crippen molar-refractivity contribution < 1.29 is 9.59 Å². The summed E-state index contributed by atoms with van der Waals surface area (Å²) in [6, 6.07) is 5.72. The predicted octanol–water partition coefficient (Wildman–Crippen LogP) is 2.67. The van der Waals surface area contributed by atoms with Crippen LogP contribution in [-0.2, 0) is 15.5 Å². The van der Waals surface area contributed by atoms with Crippen LogP contribution >= 0.6 is 31.9 Å². The molecule has 0 aliphatic heterocycles. The highest BCUT2D eigenvalue weighted by atomic mass is 79.9. The first-order chi connectivity index (χ1) is 8.98. The fourth-order valence-electron chi connectivity index (χ4n) is 3.31. The average molecular weight is 387 g/mol. The van der Waals surface area contributed by atoms with Gasteiger partial charge in [0, 0.05) is 10.4 Å². The van der Waals surface area contributed by atoms with Gasteiger partial charge in [-0.25, -0.2) is 0 Å². The zero-order valence-corrected chi connectivity index (χ0v) is 13.3. The van der Waals surface area contributed by atoms with Crippen LogP contribution in [0.5, 0.6) is 0 Å². The highest BCUT2D eigenvalue weighted by Crippen LogP contribution is 2.56. The summed E-state index contributed by atoms with van der Waals surface area (Å²) in [5.74, 6) is -1.55. The van der Waals surface area contributed by atoms with E-state index in [2.05, 4.69) is 31.9 Å². The van der Waals surface area contributed by atoms with Crippen molar-refractivity contribution in [3.8, 4) is 0 Å². The van der Waals surface area contributed by atoms with Gasteiger partial charge in [-0.3, -0.25) is 9.59 Å². The van der Waals surface area contributed by atoms with E-state index < -0.39 is 16.1 Å². The van der Waals surface area contributed by atoms with Gasteiger partial charge in [-0.1, -0.05) is 50.1 Å². The molecule has 0 fully saturated rings. The van der Waals surface area contributed by atoms with E-state index in [-0.39, 0.29) is 10.6 Å². The van der Waals surface area contributed by atoms with Gasteiger partial charge in [-0.05, 0) is 30.4 Å². The summed E-state index contributed by atoms with van der Waals surface area (Å²) >= 11 is 7.35. The van der Waals surface area contributed by atoms with E-state index in [1.165, 1.54) is 0 Å². The smallest absolute Gasteiger partial charge is 0.230 e. The van der Waals surface area contributed by atoms with Gasteiger partial charge >= 0.3 is 0 Å². The quantitative estimate of drug-likeness (QED) is 0.595. The zero-order valence-electron chi connectivity index (χ0n) is 10.2. The van der Waals surface area contributed by atoms with E-state index in [1.807, 2.05) is 12.1 Å². The molecule has 0 heterocycles. The van der Waals surface area contributed by atoms with E-state index in [0.29, 0.717) is 5.56 Å². The molecule has 3 nitrogen and oxygen atoms in total. The molecule has 1 amide bonds. The summed E-state index contributed by atoms with van der Waals surface area (Å²) in [4.78, 5) is 24.3. The van der Waals surface area contributed by atoms with E-state index in [0.717, 1.165) is 30.4 Å². The van der Waals surface area contributed by atoms with Gasteiger partial charge in [-0.2, -0.15) is 0 Å². The number of aryl methyl sites for hydroxylation is 1. The van der Waals surface area contributed by atoms with Crippen molar-refractivity contribution in [3.05, 3.63) is 34.9 Å². The van der Waals surface area contributed by atoms with Crippen LogP contribution in [-0.4, -0.2) is 16.5 Å². The summed E-state index contributed by atoms with van der Waals surface area (Å²) < 4.78 is -0.696. The van der Waals surface area contributed by atoms with Crippen molar-refractivity contribution in [3.63, 3.8) is 0 Å². The van der Waals surface area contributed by atoms with Crippen molar-refractivity contribution in [2.24, 2.45) is 11.7 Å². The number of ketones is 1. The molecule has 0 spiro atoms. The minimum Gasteiger partial charge on any atom is -0.369 e. The van der Waals surface area contributed by atoms with E-state index in [4.69, 9.17) is 5.73 Å². The minimum atomic E-state index is -0.828. The molecular formula is C14H13Br2NO2. The lowest BCUT2D eigenvalue weighted by Gasteiger charge is -2.32. The lowest BCUT2D eigenvalue weighted by Crippen LogP contribution is -2.43. The number of alkyl halides is 2. The average Bonchev–Trinajstić information content (AvgIpc) is 2.51. The normalized spacial score (nSPS) is 32.8. The Morgan fingerprint density at radius 2 is 2.16 bits per heavy atom. The summed E-state index contributed by atoms with van der Waals surface area (Å²) in [6.45, 7) is 0. The van der Waals surface area contributed by atoms with Crippen molar-refractivity contribution in [1.29, 1.82) is 0 Å². The highest BCUT2D eigenvalue weighted by Gasteiger charge is 2.58. The Balaban J connectivity index is 2.33. The van der Waals surface area contributed by atoms with Gasteiger partial charge in [-0.15, -0.1) is 0 Å². The molecule has 1 aromatic carbocycles. The maximum atomic E-state index is 12.5. The van der Waals surface area contributed by atoms with E-state index in [9.17, 15) is 9.59 Å². The molecule has 0 bridgehead atoms. The predicted molar refractivity (Wildman–Crippen MR) is 79.7 cm³/mol. The topological polar surface area (TPSA) is 60.2 Å². The molecule has 3 atom stereocenters. The lowest BCUT2D eigenvalue weighted by atomic mass is 9.87. The minimum absolute atomic E-state index is 0.0198. The molecule has 0 saturated carbocycles. The first-order valence-corrected chi connectivity index (χ1v) is 7.97. The lowest BCUT2D eigenvalue weighted by molar-refractivity contribution is -0.121. The fourth-order valence-corrected chi connectivity index (χ4v) is 5.26. The second kappa shape index (κ2) is 4.42. The monoisotopic (exact) mass is 385 g/mol. The van der Waals surface area contributed by atoms with Gasteiger partial charge in [0.25, 0.3) is 0 Å². The van der Waals surface area contributed by atoms with Crippen LogP contribution in [0.15, 0.2) is 18.2 Å². The molecule has 2 aliphatic rings.